The van der Waals surface area contributed by atoms with E-state index in [1.54, 1.807) is 25.5 Å². The molecule has 0 amide bonds. The van der Waals surface area contributed by atoms with Crippen LogP contribution < -0.4 is 0 Å². The van der Waals surface area contributed by atoms with Crippen LogP contribution in [0.15, 0.2) is 6.33 Å². The number of aliphatic carboxylic acids is 1. The Labute approximate surface area is 87.9 Å². The fraction of sp³-hybridized carbons (Fsp3) is 0.667. The van der Waals surface area contributed by atoms with Crippen molar-refractivity contribution in [1.82, 2.24) is 14.8 Å². The lowest BCUT2D eigenvalue weighted by Gasteiger charge is -2.22. The van der Waals surface area contributed by atoms with Crippen LogP contribution in [0.1, 0.15) is 19.7 Å². The van der Waals surface area contributed by atoms with Gasteiger partial charge in [0, 0.05) is 13.5 Å². The molecule has 1 rings (SSSR count). The molecule has 0 saturated heterocycles. The topological polar surface area (TPSA) is 77.2 Å². The summed E-state index contributed by atoms with van der Waals surface area (Å²) in [6, 6.07) is 0. The molecule has 1 heterocycles. The summed E-state index contributed by atoms with van der Waals surface area (Å²) in [5.74, 6) is -0.301. The molecular weight excluding hydrogens is 198 g/mol. The standard InChI is InChI=1S/C9H15N3O3/c1-9(2,8(13)14)12-6-10-11-7(12)4-5-15-3/h6H,4-5H2,1-3H3,(H,13,14). The Morgan fingerprint density at radius 2 is 2.33 bits per heavy atom. The summed E-state index contributed by atoms with van der Waals surface area (Å²) in [4.78, 5) is 11.0. The van der Waals surface area contributed by atoms with Crippen molar-refractivity contribution in [3.63, 3.8) is 0 Å². The molecule has 0 bridgehead atoms. The van der Waals surface area contributed by atoms with Crippen LogP contribution in [0.5, 0.6) is 0 Å². The molecule has 0 aliphatic carbocycles. The lowest BCUT2D eigenvalue weighted by molar-refractivity contribution is -0.145. The Morgan fingerprint density at radius 1 is 1.67 bits per heavy atom. The monoisotopic (exact) mass is 213 g/mol. The average Bonchev–Trinajstić information content (AvgIpc) is 2.62. The second-order valence-corrected chi connectivity index (χ2v) is 3.72. The maximum atomic E-state index is 11.0. The second-order valence-electron chi connectivity index (χ2n) is 3.72. The fourth-order valence-electron chi connectivity index (χ4n) is 1.19. The van der Waals surface area contributed by atoms with Crippen LogP contribution in [0.4, 0.5) is 0 Å². The van der Waals surface area contributed by atoms with E-state index in [9.17, 15) is 4.79 Å². The van der Waals surface area contributed by atoms with Crippen molar-refractivity contribution >= 4 is 5.97 Å². The zero-order valence-electron chi connectivity index (χ0n) is 9.10. The van der Waals surface area contributed by atoms with Gasteiger partial charge in [0.05, 0.1) is 6.61 Å². The second kappa shape index (κ2) is 4.39. The van der Waals surface area contributed by atoms with Crippen molar-refractivity contribution in [2.24, 2.45) is 0 Å². The molecule has 0 aliphatic heterocycles. The van der Waals surface area contributed by atoms with Crippen molar-refractivity contribution in [1.29, 1.82) is 0 Å². The first kappa shape index (κ1) is 11.6. The summed E-state index contributed by atoms with van der Waals surface area (Å²) >= 11 is 0. The lowest BCUT2D eigenvalue weighted by Crippen LogP contribution is -2.36. The van der Waals surface area contributed by atoms with Gasteiger partial charge in [0.2, 0.25) is 0 Å². The normalized spacial score (nSPS) is 11.7. The number of ether oxygens (including phenoxy) is 1. The van der Waals surface area contributed by atoms with Gasteiger partial charge in [-0.3, -0.25) is 0 Å². The predicted molar refractivity (Wildman–Crippen MR) is 52.6 cm³/mol. The van der Waals surface area contributed by atoms with Crippen LogP contribution in [0.3, 0.4) is 0 Å². The van der Waals surface area contributed by atoms with E-state index in [0.717, 1.165) is 0 Å². The molecule has 1 N–H and O–H groups in total. The predicted octanol–water partition coefficient (Wildman–Crippen LogP) is 0.287. The molecule has 1 aromatic heterocycles. The number of aromatic nitrogens is 3. The fourth-order valence-corrected chi connectivity index (χ4v) is 1.19. The third-order valence-corrected chi connectivity index (χ3v) is 2.27. The number of carboxylic acid groups (broad SMARTS) is 1. The van der Waals surface area contributed by atoms with E-state index in [1.165, 1.54) is 6.33 Å². The van der Waals surface area contributed by atoms with E-state index in [-0.39, 0.29) is 0 Å². The first-order valence-electron chi connectivity index (χ1n) is 4.62. The number of carboxylic acids is 1. The van der Waals surface area contributed by atoms with Crippen molar-refractivity contribution in [3.05, 3.63) is 12.2 Å². The van der Waals surface area contributed by atoms with Gasteiger partial charge in [-0.2, -0.15) is 0 Å². The van der Waals surface area contributed by atoms with Crippen molar-refractivity contribution < 1.29 is 14.6 Å². The minimum absolute atomic E-state index is 0.494. The number of hydrogen-bond acceptors (Lipinski definition) is 4. The molecule has 6 heteroatoms. The highest BCUT2D eigenvalue weighted by atomic mass is 16.5. The van der Waals surface area contributed by atoms with E-state index < -0.39 is 11.5 Å². The van der Waals surface area contributed by atoms with E-state index >= 15 is 0 Å². The Morgan fingerprint density at radius 3 is 2.87 bits per heavy atom. The smallest absolute Gasteiger partial charge is 0.329 e. The first-order valence-corrected chi connectivity index (χ1v) is 4.62. The molecule has 0 spiro atoms. The van der Waals surface area contributed by atoms with E-state index in [1.807, 2.05) is 0 Å². The number of hydrogen-bond donors (Lipinski definition) is 1. The largest absolute Gasteiger partial charge is 0.480 e. The van der Waals surface area contributed by atoms with Crippen LogP contribution in [-0.4, -0.2) is 39.6 Å². The molecule has 15 heavy (non-hydrogen) atoms. The Bertz CT molecular complexity index is 346. The molecule has 0 saturated carbocycles. The molecule has 0 fully saturated rings. The first-order chi connectivity index (χ1) is 7.00. The van der Waals surface area contributed by atoms with Crippen LogP contribution in [0.2, 0.25) is 0 Å². The minimum Gasteiger partial charge on any atom is -0.480 e. The summed E-state index contributed by atoms with van der Waals surface area (Å²) in [6.07, 6.45) is 1.98. The minimum atomic E-state index is -1.04. The zero-order chi connectivity index (χ0) is 11.5. The summed E-state index contributed by atoms with van der Waals surface area (Å²) in [6.45, 7) is 3.71. The van der Waals surface area contributed by atoms with Gasteiger partial charge in [0.25, 0.3) is 0 Å². The van der Waals surface area contributed by atoms with Gasteiger partial charge in [-0.05, 0) is 13.8 Å². The summed E-state index contributed by atoms with van der Waals surface area (Å²) < 4.78 is 6.46. The van der Waals surface area contributed by atoms with E-state index in [4.69, 9.17) is 9.84 Å². The van der Waals surface area contributed by atoms with Crippen LogP contribution >= 0.6 is 0 Å². The molecule has 1 aromatic rings. The van der Waals surface area contributed by atoms with Gasteiger partial charge in [0.15, 0.2) is 0 Å². The van der Waals surface area contributed by atoms with Gasteiger partial charge in [0.1, 0.15) is 17.7 Å². The highest BCUT2D eigenvalue weighted by Gasteiger charge is 2.31. The SMILES string of the molecule is COCCc1nncn1C(C)(C)C(=O)O. The molecule has 0 aliphatic rings. The third-order valence-electron chi connectivity index (χ3n) is 2.27. The molecule has 6 nitrogen and oxygen atoms in total. The molecule has 0 unspecified atom stereocenters. The van der Waals surface area contributed by atoms with E-state index in [2.05, 4.69) is 10.2 Å². The number of carbonyl (C=O) groups is 1. The summed E-state index contributed by atoms with van der Waals surface area (Å²) in [7, 11) is 1.59. The average molecular weight is 213 g/mol. The van der Waals surface area contributed by atoms with E-state index in [0.29, 0.717) is 18.9 Å². The number of methoxy groups -OCH3 is 1. The number of nitrogens with zero attached hydrogens (tertiary/aromatic N) is 3. The Kier molecular flexibility index (Phi) is 3.41. The van der Waals surface area contributed by atoms with Gasteiger partial charge >= 0.3 is 5.97 Å². The Balaban J connectivity index is 2.94. The van der Waals surface area contributed by atoms with Crippen LogP contribution in [0, 0.1) is 0 Å². The highest BCUT2D eigenvalue weighted by molar-refractivity contribution is 5.75. The third kappa shape index (κ3) is 2.33. The van der Waals surface area contributed by atoms with Gasteiger partial charge < -0.3 is 14.4 Å². The molecule has 0 aromatic carbocycles. The van der Waals surface area contributed by atoms with Crippen molar-refractivity contribution in [2.75, 3.05) is 13.7 Å². The van der Waals surface area contributed by atoms with Gasteiger partial charge in [-0.25, -0.2) is 4.79 Å². The van der Waals surface area contributed by atoms with Gasteiger partial charge in [-0.15, -0.1) is 10.2 Å². The zero-order valence-corrected chi connectivity index (χ0v) is 9.10. The number of rotatable bonds is 5. The molecule has 0 atom stereocenters. The van der Waals surface area contributed by atoms with Crippen LogP contribution in [-0.2, 0) is 21.5 Å². The molecule has 0 radical (unpaired) electrons. The summed E-state index contributed by atoms with van der Waals surface area (Å²) in [5, 5.41) is 16.6. The van der Waals surface area contributed by atoms with Crippen molar-refractivity contribution in [2.45, 2.75) is 25.8 Å². The maximum absolute atomic E-state index is 11.0. The lowest BCUT2D eigenvalue weighted by atomic mass is 10.1. The molecule has 84 valence electrons. The molecular formula is C9H15N3O3. The van der Waals surface area contributed by atoms with Gasteiger partial charge in [-0.1, -0.05) is 0 Å². The highest BCUT2D eigenvalue weighted by Crippen LogP contribution is 2.16. The quantitative estimate of drug-likeness (QED) is 0.760. The maximum Gasteiger partial charge on any atom is 0.329 e. The summed E-state index contributed by atoms with van der Waals surface area (Å²) in [5.41, 5.74) is -1.04. The Hall–Kier alpha value is -1.43. The van der Waals surface area contributed by atoms with Crippen molar-refractivity contribution in [3.8, 4) is 0 Å². The van der Waals surface area contributed by atoms with Crippen LogP contribution in [0.25, 0.3) is 0 Å².